The summed E-state index contributed by atoms with van der Waals surface area (Å²) in [5.41, 5.74) is 2.62. The summed E-state index contributed by atoms with van der Waals surface area (Å²) in [6, 6.07) is 15.4. The first-order valence-electron chi connectivity index (χ1n) is 6.53. The van der Waals surface area contributed by atoms with E-state index in [-0.39, 0.29) is 5.78 Å². The van der Waals surface area contributed by atoms with Crippen LogP contribution >= 0.6 is 11.6 Å². The largest absolute Gasteiger partial charge is 0.488 e. The fourth-order valence-corrected chi connectivity index (χ4v) is 2.03. The molecule has 0 saturated carbocycles. The molecule has 3 heteroatoms. The molecule has 0 amide bonds. The number of ether oxygens (including phenoxy) is 1. The Bertz CT molecular complexity index is 591. The van der Waals surface area contributed by atoms with Crippen molar-refractivity contribution < 1.29 is 9.53 Å². The van der Waals surface area contributed by atoms with Crippen molar-refractivity contribution in [3.05, 3.63) is 65.2 Å². The topological polar surface area (TPSA) is 26.3 Å². The van der Waals surface area contributed by atoms with Crippen molar-refractivity contribution in [2.24, 2.45) is 0 Å². The van der Waals surface area contributed by atoms with Gasteiger partial charge in [0, 0.05) is 0 Å². The highest BCUT2D eigenvalue weighted by molar-refractivity contribution is 6.33. The number of halogens is 1. The molecular formula is C17H17ClO2. The normalized spacial score (nSPS) is 11.9. The lowest BCUT2D eigenvalue weighted by atomic mass is 10.0. The number of alkyl halides is 1. The Kier molecular flexibility index (Phi) is 4.80. The van der Waals surface area contributed by atoms with Gasteiger partial charge in [-0.2, -0.15) is 0 Å². The average molecular weight is 289 g/mol. The summed E-state index contributed by atoms with van der Waals surface area (Å²) >= 11 is 5.90. The number of carbonyl (C=O) groups is 1. The van der Waals surface area contributed by atoms with Crippen molar-refractivity contribution in [1.29, 1.82) is 0 Å². The van der Waals surface area contributed by atoms with Gasteiger partial charge in [0.05, 0.1) is 10.9 Å². The molecule has 1 atom stereocenters. The van der Waals surface area contributed by atoms with Gasteiger partial charge in [-0.3, -0.25) is 4.79 Å². The van der Waals surface area contributed by atoms with Crippen LogP contribution in [0.2, 0.25) is 0 Å². The van der Waals surface area contributed by atoms with E-state index in [0.717, 1.165) is 11.1 Å². The fourth-order valence-electron chi connectivity index (χ4n) is 1.91. The van der Waals surface area contributed by atoms with Crippen LogP contribution in [0.5, 0.6) is 5.75 Å². The van der Waals surface area contributed by atoms with E-state index in [4.69, 9.17) is 16.3 Å². The Balaban J connectivity index is 2.21. The van der Waals surface area contributed by atoms with Crippen LogP contribution in [0.1, 0.15) is 28.4 Å². The summed E-state index contributed by atoms with van der Waals surface area (Å²) in [6.45, 7) is 4.05. The molecule has 0 bridgehead atoms. The Morgan fingerprint density at radius 1 is 1.20 bits per heavy atom. The zero-order valence-electron chi connectivity index (χ0n) is 11.6. The molecule has 0 spiro atoms. The minimum absolute atomic E-state index is 0.113. The van der Waals surface area contributed by atoms with Gasteiger partial charge in [-0.1, -0.05) is 42.0 Å². The van der Waals surface area contributed by atoms with E-state index >= 15 is 0 Å². The molecule has 0 fully saturated rings. The van der Waals surface area contributed by atoms with Crippen LogP contribution in [-0.2, 0) is 6.61 Å². The number of benzene rings is 2. The van der Waals surface area contributed by atoms with E-state index < -0.39 is 5.38 Å². The maximum Gasteiger partial charge on any atom is 0.184 e. The summed E-state index contributed by atoms with van der Waals surface area (Å²) in [5, 5.41) is -0.559. The second-order valence-electron chi connectivity index (χ2n) is 4.75. The van der Waals surface area contributed by atoms with Crippen molar-refractivity contribution in [2.75, 3.05) is 0 Å². The predicted molar refractivity (Wildman–Crippen MR) is 81.6 cm³/mol. The van der Waals surface area contributed by atoms with Gasteiger partial charge in [0.1, 0.15) is 12.4 Å². The van der Waals surface area contributed by atoms with Gasteiger partial charge < -0.3 is 4.74 Å². The van der Waals surface area contributed by atoms with Gasteiger partial charge in [-0.25, -0.2) is 0 Å². The third-order valence-electron chi connectivity index (χ3n) is 3.00. The first-order chi connectivity index (χ1) is 9.58. The van der Waals surface area contributed by atoms with Crippen molar-refractivity contribution in [3.63, 3.8) is 0 Å². The zero-order chi connectivity index (χ0) is 14.5. The number of Topliss-reactive ketones (excluding diaryl/α,β-unsaturated/α-hetero) is 1. The number of hydrogen-bond acceptors (Lipinski definition) is 2. The zero-order valence-corrected chi connectivity index (χ0v) is 12.4. The lowest BCUT2D eigenvalue weighted by molar-refractivity contribution is 0.0987. The van der Waals surface area contributed by atoms with Gasteiger partial charge >= 0.3 is 0 Å². The maximum absolute atomic E-state index is 12.1. The molecule has 0 aliphatic carbocycles. The summed E-state index contributed by atoms with van der Waals surface area (Å²) in [6.07, 6.45) is 0. The van der Waals surface area contributed by atoms with E-state index in [9.17, 15) is 4.79 Å². The van der Waals surface area contributed by atoms with Crippen molar-refractivity contribution >= 4 is 17.4 Å². The highest BCUT2D eigenvalue weighted by Crippen LogP contribution is 2.24. The maximum atomic E-state index is 12.1. The number of carbonyl (C=O) groups excluding carboxylic acids is 1. The van der Waals surface area contributed by atoms with Crippen LogP contribution < -0.4 is 4.74 Å². The van der Waals surface area contributed by atoms with Gasteiger partial charge in [0.2, 0.25) is 0 Å². The monoisotopic (exact) mass is 288 g/mol. The quantitative estimate of drug-likeness (QED) is 0.603. The number of ketones is 1. The average Bonchev–Trinajstić information content (AvgIpc) is 2.46. The molecule has 0 saturated heterocycles. The van der Waals surface area contributed by atoms with E-state index in [1.165, 1.54) is 0 Å². The Morgan fingerprint density at radius 2 is 1.90 bits per heavy atom. The fraction of sp³-hybridized carbons (Fsp3) is 0.235. The molecule has 2 rings (SSSR count). The van der Waals surface area contributed by atoms with Gasteiger partial charge in [0.25, 0.3) is 0 Å². The van der Waals surface area contributed by atoms with Crippen molar-refractivity contribution in [2.45, 2.75) is 25.8 Å². The second kappa shape index (κ2) is 6.58. The summed E-state index contributed by atoms with van der Waals surface area (Å²) in [5.74, 6) is 0.468. The van der Waals surface area contributed by atoms with Crippen molar-refractivity contribution in [1.82, 2.24) is 0 Å². The molecule has 0 N–H and O–H groups in total. The first kappa shape index (κ1) is 14.6. The van der Waals surface area contributed by atoms with Crippen LogP contribution in [0, 0.1) is 6.92 Å². The van der Waals surface area contributed by atoms with E-state index in [1.54, 1.807) is 6.92 Å². The van der Waals surface area contributed by atoms with E-state index in [0.29, 0.717) is 17.9 Å². The van der Waals surface area contributed by atoms with Gasteiger partial charge in [-0.05, 0) is 31.5 Å². The Labute approximate surface area is 124 Å². The minimum atomic E-state index is -0.559. The molecule has 0 aromatic heterocycles. The summed E-state index contributed by atoms with van der Waals surface area (Å²) < 4.78 is 5.77. The number of aryl methyl sites for hydroxylation is 1. The minimum Gasteiger partial charge on any atom is -0.488 e. The number of hydrogen-bond donors (Lipinski definition) is 0. The van der Waals surface area contributed by atoms with Crippen molar-refractivity contribution in [3.8, 4) is 5.75 Å². The molecule has 2 aromatic carbocycles. The third-order valence-corrected chi connectivity index (χ3v) is 3.20. The summed E-state index contributed by atoms with van der Waals surface area (Å²) in [4.78, 5) is 12.1. The lowest BCUT2D eigenvalue weighted by Gasteiger charge is -2.12. The first-order valence-corrected chi connectivity index (χ1v) is 6.97. The molecular weight excluding hydrogens is 272 g/mol. The Morgan fingerprint density at radius 3 is 2.55 bits per heavy atom. The molecule has 1 unspecified atom stereocenters. The van der Waals surface area contributed by atoms with Gasteiger partial charge in [0.15, 0.2) is 5.78 Å². The molecule has 2 nitrogen and oxygen atoms in total. The molecule has 0 radical (unpaired) electrons. The molecule has 104 valence electrons. The third kappa shape index (κ3) is 3.61. The predicted octanol–water partition coefficient (Wildman–Crippen LogP) is 4.38. The summed E-state index contributed by atoms with van der Waals surface area (Å²) in [7, 11) is 0. The lowest BCUT2D eigenvalue weighted by Crippen LogP contribution is -2.12. The standard InChI is InChI=1S/C17H17ClO2/c1-12-8-9-16(15(10-12)17(19)13(2)18)20-11-14-6-4-3-5-7-14/h3-10,13H,11H2,1-2H3. The highest BCUT2D eigenvalue weighted by Gasteiger charge is 2.17. The smallest absolute Gasteiger partial charge is 0.184 e. The van der Waals surface area contributed by atoms with Crippen LogP contribution in [0.4, 0.5) is 0 Å². The van der Waals surface area contributed by atoms with Crippen LogP contribution in [0.15, 0.2) is 48.5 Å². The van der Waals surface area contributed by atoms with E-state index in [1.807, 2.05) is 55.5 Å². The Hall–Kier alpha value is -1.80. The molecule has 20 heavy (non-hydrogen) atoms. The van der Waals surface area contributed by atoms with Crippen LogP contribution in [0.25, 0.3) is 0 Å². The number of rotatable bonds is 5. The molecule has 0 aliphatic heterocycles. The SMILES string of the molecule is Cc1ccc(OCc2ccccc2)c(C(=O)C(C)Cl)c1. The molecule has 0 heterocycles. The second-order valence-corrected chi connectivity index (χ2v) is 5.41. The van der Waals surface area contributed by atoms with E-state index in [2.05, 4.69) is 0 Å². The van der Waals surface area contributed by atoms with Gasteiger partial charge in [-0.15, -0.1) is 11.6 Å². The molecule has 2 aromatic rings. The molecule has 0 aliphatic rings. The van der Waals surface area contributed by atoms with Crippen LogP contribution in [-0.4, -0.2) is 11.2 Å². The van der Waals surface area contributed by atoms with Crippen LogP contribution in [0.3, 0.4) is 0 Å². The highest BCUT2D eigenvalue weighted by atomic mass is 35.5.